The van der Waals surface area contributed by atoms with E-state index >= 15 is 0 Å². The first-order valence-corrected chi connectivity index (χ1v) is 7.09. The lowest BCUT2D eigenvalue weighted by atomic mass is 9.94. The van der Waals surface area contributed by atoms with Crippen LogP contribution in [0.25, 0.3) is 0 Å². The molecule has 0 fully saturated rings. The molecule has 0 heterocycles. The Morgan fingerprint density at radius 3 is 2.40 bits per heavy atom. The molecule has 1 aromatic carbocycles. The SMILES string of the molecule is CCOC(=O)[C@@H](OS)C(Cc1ccc(Br)cc1)C(=O)O. The van der Waals surface area contributed by atoms with Crippen molar-refractivity contribution in [2.24, 2.45) is 5.92 Å². The van der Waals surface area contributed by atoms with Gasteiger partial charge in [-0.2, -0.15) is 0 Å². The molecule has 2 atom stereocenters. The molecule has 0 saturated heterocycles. The van der Waals surface area contributed by atoms with Gasteiger partial charge in [0, 0.05) is 4.47 Å². The Morgan fingerprint density at radius 2 is 1.95 bits per heavy atom. The fraction of sp³-hybridized carbons (Fsp3) is 0.385. The Balaban J connectivity index is 2.89. The molecule has 5 nitrogen and oxygen atoms in total. The van der Waals surface area contributed by atoms with E-state index in [2.05, 4.69) is 28.8 Å². The van der Waals surface area contributed by atoms with E-state index in [4.69, 9.17) is 8.92 Å². The molecule has 1 rings (SSSR count). The lowest BCUT2D eigenvalue weighted by Gasteiger charge is -2.20. The quantitative estimate of drug-likeness (QED) is 0.442. The number of aliphatic carboxylic acids is 1. The van der Waals surface area contributed by atoms with Crippen molar-refractivity contribution < 1.29 is 23.6 Å². The summed E-state index contributed by atoms with van der Waals surface area (Å²) in [5, 5.41) is 9.28. The minimum Gasteiger partial charge on any atom is -0.481 e. The molecule has 1 N–H and O–H groups in total. The molecule has 0 aliphatic heterocycles. The molecule has 0 aliphatic carbocycles. The van der Waals surface area contributed by atoms with Crippen molar-refractivity contribution in [2.75, 3.05) is 6.61 Å². The molecule has 0 saturated carbocycles. The standard InChI is InChI=1S/C13H15BrO5S/c1-2-18-13(17)11(19-20)10(12(15)16)7-8-3-5-9(14)6-4-8/h3-6,10-11,20H,2,7H2,1H3,(H,15,16)/t10?,11-/m0/s1. The minimum atomic E-state index is -1.25. The summed E-state index contributed by atoms with van der Waals surface area (Å²) in [5.74, 6) is -2.93. The summed E-state index contributed by atoms with van der Waals surface area (Å²) in [7, 11) is 0. The molecule has 0 spiro atoms. The number of rotatable bonds is 7. The van der Waals surface area contributed by atoms with E-state index in [9.17, 15) is 14.7 Å². The highest BCUT2D eigenvalue weighted by Crippen LogP contribution is 2.20. The van der Waals surface area contributed by atoms with E-state index in [1.54, 1.807) is 31.2 Å². The second kappa shape index (κ2) is 8.28. The van der Waals surface area contributed by atoms with Crippen molar-refractivity contribution in [3.8, 4) is 0 Å². The van der Waals surface area contributed by atoms with Crippen LogP contribution in [0.4, 0.5) is 0 Å². The summed E-state index contributed by atoms with van der Waals surface area (Å²) in [6.07, 6.45) is -1.11. The lowest BCUT2D eigenvalue weighted by molar-refractivity contribution is -0.160. The van der Waals surface area contributed by atoms with Crippen LogP contribution in [0.2, 0.25) is 0 Å². The average Bonchev–Trinajstić information content (AvgIpc) is 2.41. The number of carboxylic acid groups (broad SMARTS) is 1. The number of hydrogen-bond donors (Lipinski definition) is 2. The van der Waals surface area contributed by atoms with E-state index in [0.29, 0.717) is 0 Å². The van der Waals surface area contributed by atoms with Crippen molar-refractivity contribution in [2.45, 2.75) is 19.4 Å². The van der Waals surface area contributed by atoms with Crippen LogP contribution in [-0.2, 0) is 24.9 Å². The number of thiol groups is 1. The molecule has 7 heteroatoms. The number of halogens is 1. The number of carbonyl (C=O) groups excluding carboxylic acids is 1. The number of carbonyl (C=O) groups is 2. The molecule has 0 amide bonds. The third-order valence-electron chi connectivity index (χ3n) is 2.68. The summed E-state index contributed by atoms with van der Waals surface area (Å²) >= 11 is 6.89. The van der Waals surface area contributed by atoms with E-state index < -0.39 is 24.0 Å². The number of hydrogen-bond acceptors (Lipinski definition) is 5. The van der Waals surface area contributed by atoms with Gasteiger partial charge in [0.2, 0.25) is 0 Å². The van der Waals surface area contributed by atoms with Gasteiger partial charge in [-0.15, -0.1) is 0 Å². The molecule has 1 aromatic rings. The second-order valence-corrected chi connectivity index (χ2v) is 5.18. The maximum atomic E-state index is 11.7. The van der Waals surface area contributed by atoms with Gasteiger partial charge < -0.3 is 14.0 Å². The van der Waals surface area contributed by atoms with Crippen molar-refractivity contribution in [1.82, 2.24) is 0 Å². The van der Waals surface area contributed by atoms with Gasteiger partial charge in [-0.1, -0.05) is 28.1 Å². The topological polar surface area (TPSA) is 72.8 Å². The van der Waals surface area contributed by atoms with Gasteiger partial charge in [-0.05, 0) is 44.0 Å². The Hall–Kier alpha value is -1.05. The number of esters is 1. The van der Waals surface area contributed by atoms with E-state index in [1.165, 1.54) is 0 Å². The van der Waals surface area contributed by atoms with E-state index in [1.807, 2.05) is 0 Å². The Kier molecular flexibility index (Phi) is 7.04. The second-order valence-electron chi connectivity index (χ2n) is 4.05. The third kappa shape index (κ3) is 4.81. The Bertz CT molecular complexity index is 462. The lowest BCUT2D eigenvalue weighted by Crippen LogP contribution is -2.38. The van der Waals surface area contributed by atoms with Gasteiger partial charge in [0.25, 0.3) is 0 Å². The molecule has 0 radical (unpaired) electrons. The largest absolute Gasteiger partial charge is 0.481 e. The smallest absolute Gasteiger partial charge is 0.337 e. The first-order valence-electron chi connectivity index (χ1n) is 5.93. The summed E-state index contributed by atoms with van der Waals surface area (Å²) in [6.45, 7) is 1.79. The van der Waals surface area contributed by atoms with Gasteiger partial charge in [0.15, 0.2) is 6.10 Å². The highest BCUT2D eigenvalue weighted by atomic mass is 79.9. The van der Waals surface area contributed by atoms with Crippen LogP contribution < -0.4 is 0 Å². The highest BCUT2D eigenvalue weighted by molar-refractivity contribution is 9.10. The van der Waals surface area contributed by atoms with Crippen LogP contribution in [0.5, 0.6) is 0 Å². The zero-order chi connectivity index (χ0) is 15.1. The predicted molar refractivity (Wildman–Crippen MR) is 79.5 cm³/mol. The molecule has 0 aromatic heterocycles. The molecule has 0 bridgehead atoms. The molecule has 0 aliphatic rings. The normalized spacial score (nSPS) is 13.6. The van der Waals surface area contributed by atoms with Crippen LogP contribution in [0, 0.1) is 5.92 Å². The maximum absolute atomic E-state index is 11.7. The summed E-state index contributed by atoms with van der Waals surface area (Å²) in [5.41, 5.74) is 0.778. The van der Waals surface area contributed by atoms with Crippen LogP contribution in [0.1, 0.15) is 12.5 Å². The Labute approximate surface area is 131 Å². The van der Waals surface area contributed by atoms with Gasteiger partial charge in [-0.3, -0.25) is 4.79 Å². The van der Waals surface area contributed by atoms with Gasteiger partial charge in [0.05, 0.1) is 12.5 Å². The summed E-state index contributed by atoms with van der Waals surface area (Å²) in [4.78, 5) is 23.0. The van der Waals surface area contributed by atoms with E-state index in [-0.39, 0.29) is 13.0 Å². The van der Waals surface area contributed by atoms with Crippen LogP contribution in [0.15, 0.2) is 28.7 Å². The van der Waals surface area contributed by atoms with Gasteiger partial charge >= 0.3 is 11.9 Å². The fourth-order valence-electron chi connectivity index (χ4n) is 1.70. The number of carboxylic acids is 1. The Morgan fingerprint density at radius 1 is 1.35 bits per heavy atom. The molecule has 110 valence electrons. The average molecular weight is 363 g/mol. The maximum Gasteiger partial charge on any atom is 0.337 e. The molecular formula is C13H15BrO5S. The highest BCUT2D eigenvalue weighted by Gasteiger charge is 2.35. The van der Waals surface area contributed by atoms with Gasteiger partial charge in [-0.25, -0.2) is 4.79 Å². The van der Waals surface area contributed by atoms with Crippen LogP contribution in [0.3, 0.4) is 0 Å². The summed E-state index contributed by atoms with van der Waals surface area (Å²) in [6, 6.07) is 7.16. The van der Waals surface area contributed by atoms with Crippen LogP contribution >= 0.6 is 28.8 Å². The molecule has 20 heavy (non-hydrogen) atoms. The van der Waals surface area contributed by atoms with Crippen molar-refractivity contribution in [1.29, 1.82) is 0 Å². The zero-order valence-electron chi connectivity index (χ0n) is 10.8. The third-order valence-corrected chi connectivity index (χ3v) is 3.44. The number of benzene rings is 1. The first kappa shape index (κ1) is 17.0. The van der Waals surface area contributed by atoms with Crippen molar-refractivity contribution >= 4 is 40.8 Å². The first-order chi connectivity index (χ1) is 9.49. The fourth-order valence-corrected chi connectivity index (χ4v) is 2.20. The predicted octanol–water partition coefficient (Wildman–Crippen LogP) is 2.49. The molecule has 1 unspecified atom stereocenters. The zero-order valence-corrected chi connectivity index (χ0v) is 13.3. The minimum absolute atomic E-state index is 0.145. The van der Waals surface area contributed by atoms with Crippen LogP contribution in [-0.4, -0.2) is 29.8 Å². The van der Waals surface area contributed by atoms with Crippen molar-refractivity contribution in [3.63, 3.8) is 0 Å². The van der Waals surface area contributed by atoms with Gasteiger partial charge in [0.1, 0.15) is 0 Å². The van der Waals surface area contributed by atoms with E-state index in [0.717, 1.165) is 10.0 Å². The monoisotopic (exact) mass is 362 g/mol. The number of ether oxygens (including phenoxy) is 1. The summed E-state index contributed by atoms with van der Waals surface area (Å²) < 4.78 is 10.4. The molecular weight excluding hydrogens is 348 g/mol. The van der Waals surface area contributed by atoms with Crippen molar-refractivity contribution in [3.05, 3.63) is 34.3 Å².